The zero-order chi connectivity index (χ0) is 19.8. The molecule has 1 fully saturated rings. The maximum absolute atomic E-state index is 14.1. The smallest absolute Gasteiger partial charge is 0.127 e. The molecule has 2 aromatic carbocycles. The van der Waals surface area contributed by atoms with Crippen LogP contribution >= 0.6 is 0 Å². The first-order chi connectivity index (χ1) is 13.7. The summed E-state index contributed by atoms with van der Waals surface area (Å²) in [6.07, 6.45) is 1.08. The van der Waals surface area contributed by atoms with Gasteiger partial charge < -0.3 is 15.0 Å². The molecule has 0 amide bonds. The van der Waals surface area contributed by atoms with Gasteiger partial charge in [0.2, 0.25) is 0 Å². The summed E-state index contributed by atoms with van der Waals surface area (Å²) in [6.45, 7) is 10.0. The van der Waals surface area contributed by atoms with Crippen LogP contribution in [0.25, 0.3) is 0 Å². The van der Waals surface area contributed by atoms with Gasteiger partial charge in [-0.2, -0.15) is 0 Å². The lowest BCUT2D eigenvalue weighted by atomic mass is 10.2. The van der Waals surface area contributed by atoms with Crippen molar-refractivity contribution in [2.24, 2.45) is 4.99 Å². The number of hydrogen-bond donors (Lipinski definition) is 1. The minimum atomic E-state index is -0.166. The summed E-state index contributed by atoms with van der Waals surface area (Å²) in [6, 6.07) is 12.9. The van der Waals surface area contributed by atoms with Gasteiger partial charge in [0.1, 0.15) is 11.6 Å². The number of benzene rings is 2. The molecule has 1 aliphatic heterocycles. The van der Waals surface area contributed by atoms with E-state index >= 15 is 0 Å². The van der Waals surface area contributed by atoms with Gasteiger partial charge in [0.15, 0.2) is 0 Å². The highest BCUT2D eigenvalue weighted by atomic mass is 19.1. The first kappa shape index (κ1) is 20.3. The minimum absolute atomic E-state index is 0.166. The fourth-order valence-corrected chi connectivity index (χ4v) is 3.56. The Morgan fingerprint density at radius 3 is 2.71 bits per heavy atom. The van der Waals surface area contributed by atoms with Crippen LogP contribution in [0, 0.1) is 5.82 Å². The zero-order valence-electron chi connectivity index (χ0n) is 16.5. The number of rotatable bonds is 8. The molecule has 1 N–H and O–H groups in total. The Kier molecular flexibility index (Phi) is 7.39. The van der Waals surface area contributed by atoms with E-state index in [1.54, 1.807) is 19.2 Å². The highest BCUT2D eigenvalue weighted by Gasteiger charge is 2.16. The van der Waals surface area contributed by atoms with E-state index in [-0.39, 0.29) is 5.82 Å². The molecule has 5 nitrogen and oxygen atoms in total. The Balaban J connectivity index is 1.48. The maximum Gasteiger partial charge on any atom is 0.127 e. The summed E-state index contributed by atoms with van der Waals surface area (Å²) in [4.78, 5) is 8.83. The normalized spacial score (nSPS) is 15.8. The van der Waals surface area contributed by atoms with Gasteiger partial charge in [-0.1, -0.05) is 12.1 Å². The molecule has 28 heavy (non-hydrogen) atoms. The topological polar surface area (TPSA) is 40.1 Å². The summed E-state index contributed by atoms with van der Waals surface area (Å²) in [5, 5.41) is 3.45. The summed E-state index contributed by atoms with van der Waals surface area (Å²) in [7, 11) is 1.61. The van der Waals surface area contributed by atoms with Gasteiger partial charge in [0, 0.05) is 38.3 Å². The number of nitrogens with one attached hydrogen (secondary N) is 1. The average Bonchev–Trinajstić information content (AvgIpc) is 2.95. The third-order valence-electron chi connectivity index (χ3n) is 5.15. The number of aliphatic imine (C=N–C) groups is 1. The minimum Gasteiger partial charge on any atom is -0.497 e. The lowest BCUT2D eigenvalue weighted by Gasteiger charge is -2.22. The number of anilines is 1. The molecular formula is C22H29FN4O. The van der Waals surface area contributed by atoms with Crippen LogP contribution in [-0.2, 0) is 6.54 Å². The van der Waals surface area contributed by atoms with Crippen LogP contribution in [-0.4, -0.2) is 62.9 Å². The SMILES string of the molecule is C=Nc1ccccc1NCCN1CCCN(Cc2cc(OC)ccc2F)CC1. The lowest BCUT2D eigenvalue weighted by Crippen LogP contribution is -2.33. The molecule has 3 rings (SSSR count). The van der Waals surface area contributed by atoms with Gasteiger partial charge in [0.05, 0.1) is 18.5 Å². The lowest BCUT2D eigenvalue weighted by molar-refractivity contribution is 0.253. The van der Waals surface area contributed by atoms with Gasteiger partial charge in [-0.25, -0.2) is 4.39 Å². The molecule has 0 aliphatic carbocycles. The summed E-state index contributed by atoms with van der Waals surface area (Å²) in [5.41, 5.74) is 2.59. The van der Waals surface area contributed by atoms with Crippen molar-refractivity contribution in [2.75, 3.05) is 51.7 Å². The maximum atomic E-state index is 14.1. The van der Waals surface area contributed by atoms with E-state index in [9.17, 15) is 4.39 Å². The molecule has 0 spiro atoms. The number of halogens is 1. The molecule has 0 radical (unpaired) electrons. The van der Waals surface area contributed by atoms with Crippen molar-refractivity contribution in [2.45, 2.75) is 13.0 Å². The molecule has 6 heteroatoms. The second-order valence-corrected chi connectivity index (χ2v) is 7.03. The number of hydrogen-bond acceptors (Lipinski definition) is 5. The van der Waals surface area contributed by atoms with E-state index in [4.69, 9.17) is 4.74 Å². The van der Waals surface area contributed by atoms with Crippen LogP contribution in [0.3, 0.4) is 0 Å². The molecule has 0 unspecified atom stereocenters. The van der Waals surface area contributed by atoms with Crippen molar-refractivity contribution in [3.63, 3.8) is 0 Å². The largest absolute Gasteiger partial charge is 0.497 e. The van der Waals surface area contributed by atoms with E-state index in [1.165, 1.54) is 6.07 Å². The Bertz CT molecular complexity index is 783. The predicted octanol–water partition coefficient (Wildman–Crippen LogP) is 3.79. The van der Waals surface area contributed by atoms with Gasteiger partial charge >= 0.3 is 0 Å². The van der Waals surface area contributed by atoms with Crippen LogP contribution in [0.4, 0.5) is 15.8 Å². The second kappa shape index (κ2) is 10.2. The van der Waals surface area contributed by atoms with Crippen LogP contribution in [0.15, 0.2) is 47.5 Å². The summed E-state index contributed by atoms with van der Waals surface area (Å²) < 4.78 is 19.3. The first-order valence-electron chi connectivity index (χ1n) is 9.76. The third-order valence-corrected chi connectivity index (χ3v) is 5.15. The van der Waals surface area contributed by atoms with E-state index < -0.39 is 0 Å². The molecule has 150 valence electrons. The number of para-hydroxylation sites is 2. The molecule has 0 atom stereocenters. The molecule has 0 aromatic heterocycles. The molecule has 0 saturated carbocycles. The van der Waals surface area contributed by atoms with E-state index in [0.29, 0.717) is 17.9 Å². The molecule has 1 heterocycles. The Morgan fingerprint density at radius 2 is 1.89 bits per heavy atom. The van der Waals surface area contributed by atoms with Crippen molar-refractivity contribution in [3.8, 4) is 5.75 Å². The highest BCUT2D eigenvalue weighted by Crippen LogP contribution is 2.23. The van der Waals surface area contributed by atoms with E-state index in [2.05, 4.69) is 26.8 Å². The molecular weight excluding hydrogens is 355 g/mol. The molecule has 1 saturated heterocycles. The van der Waals surface area contributed by atoms with Crippen LogP contribution in [0.2, 0.25) is 0 Å². The van der Waals surface area contributed by atoms with Gasteiger partial charge in [0.25, 0.3) is 0 Å². The fourth-order valence-electron chi connectivity index (χ4n) is 3.56. The molecule has 2 aromatic rings. The highest BCUT2D eigenvalue weighted by molar-refractivity contribution is 5.67. The number of ether oxygens (including phenoxy) is 1. The summed E-state index contributed by atoms with van der Waals surface area (Å²) in [5.74, 6) is 0.536. The first-order valence-corrected chi connectivity index (χ1v) is 9.76. The quantitative estimate of drug-likeness (QED) is 0.703. The van der Waals surface area contributed by atoms with Crippen molar-refractivity contribution >= 4 is 18.1 Å². The van der Waals surface area contributed by atoms with Crippen molar-refractivity contribution < 1.29 is 9.13 Å². The van der Waals surface area contributed by atoms with Crippen molar-refractivity contribution in [3.05, 3.63) is 53.8 Å². The van der Waals surface area contributed by atoms with Gasteiger partial charge in [-0.3, -0.25) is 9.89 Å². The van der Waals surface area contributed by atoms with Gasteiger partial charge in [-0.15, -0.1) is 0 Å². The Labute approximate surface area is 166 Å². The standard InChI is InChI=1S/C22H29FN4O/c1-24-21-6-3-4-7-22(21)25-10-13-26-11-5-12-27(15-14-26)17-18-16-19(28-2)8-9-20(18)23/h3-4,6-9,16,25H,1,5,10-15,17H2,2H3. The molecule has 0 bridgehead atoms. The summed E-state index contributed by atoms with van der Waals surface area (Å²) >= 11 is 0. The van der Waals surface area contributed by atoms with Crippen LogP contribution in [0.5, 0.6) is 5.75 Å². The Hall–Kier alpha value is -2.44. The fraction of sp³-hybridized carbons (Fsp3) is 0.409. The number of nitrogens with zero attached hydrogens (tertiary/aromatic N) is 3. The van der Waals surface area contributed by atoms with Crippen molar-refractivity contribution in [1.29, 1.82) is 0 Å². The average molecular weight is 384 g/mol. The van der Waals surface area contributed by atoms with Crippen LogP contribution in [0.1, 0.15) is 12.0 Å². The van der Waals surface area contributed by atoms with Gasteiger partial charge in [-0.05, 0) is 56.6 Å². The monoisotopic (exact) mass is 384 g/mol. The Morgan fingerprint density at radius 1 is 1.11 bits per heavy atom. The number of methoxy groups -OCH3 is 1. The van der Waals surface area contributed by atoms with Crippen LogP contribution < -0.4 is 10.1 Å². The van der Waals surface area contributed by atoms with Crippen molar-refractivity contribution in [1.82, 2.24) is 9.80 Å². The van der Waals surface area contributed by atoms with E-state index in [1.807, 2.05) is 24.3 Å². The second-order valence-electron chi connectivity index (χ2n) is 7.03. The third kappa shape index (κ3) is 5.53. The molecule has 1 aliphatic rings. The zero-order valence-corrected chi connectivity index (χ0v) is 16.5. The predicted molar refractivity (Wildman–Crippen MR) is 113 cm³/mol. The van der Waals surface area contributed by atoms with E-state index in [0.717, 1.165) is 57.1 Å².